The van der Waals surface area contributed by atoms with Gasteiger partial charge in [0.15, 0.2) is 0 Å². The van der Waals surface area contributed by atoms with Crippen molar-refractivity contribution in [3.05, 3.63) is 29.8 Å². The van der Waals surface area contributed by atoms with Gasteiger partial charge in [-0.1, -0.05) is 19.1 Å². The number of hydrogen-bond donors (Lipinski definition) is 1. The Morgan fingerprint density at radius 1 is 1.00 bits per heavy atom. The molecule has 2 rings (SSSR count). The molecule has 1 aromatic carbocycles. The predicted octanol–water partition coefficient (Wildman–Crippen LogP) is 3.73. The fourth-order valence-electron chi connectivity index (χ4n) is 3.19. The first kappa shape index (κ1) is 21.5. The van der Waals surface area contributed by atoms with Crippen molar-refractivity contribution in [2.75, 3.05) is 44.2 Å². The first-order valence-corrected chi connectivity index (χ1v) is 8.09. The van der Waals surface area contributed by atoms with Gasteiger partial charge in [0, 0.05) is 51.0 Å². The van der Waals surface area contributed by atoms with Crippen molar-refractivity contribution in [2.24, 2.45) is 0 Å². The summed E-state index contributed by atoms with van der Waals surface area (Å²) in [5.74, 6) is 0. The van der Waals surface area contributed by atoms with E-state index in [-0.39, 0.29) is 24.8 Å². The molecule has 1 aliphatic rings. The normalized spacial score (nSPS) is 16.3. The Balaban J connectivity index is 0.00000220. The lowest BCUT2D eigenvalue weighted by molar-refractivity contribution is 0.169. The van der Waals surface area contributed by atoms with Gasteiger partial charge in [0.1, 0.15) is 0 Å². The van der Waals surface area contributed by atoms with Crippen molar-refractivity contribution in [2.45, 2.75) is 33.2 Å². The first-order valence-electron chi connectivity index (χ1n) is 8.09. The summed E-state index contributed by atoms with van der Waals surface area (Å²) in [5, 5.41) is 3.44. The predicted molar refractivity (Wildman–Crippen MR) is 102 cm³/mol. The summed E-state index contributed by atoms with van der Waals surface area (Å²) in [5.41, 5.74) is 2.80. The maximum atomic E-state index is 3.44. The number of nitrogens with zero attached hydrogens (tertiary/aromatic N) is 2. The second-order valence-electron chi connectivity index (χ2n) is 5.47. The van der Waals surface area contributed by atoms with Crippen molar-refractivity contribution in [3.8, 4) is 0 Å². The molecule has 5 heteroatoms. The van der Waals surface area contributed by atoms with E-state index in [1.165, 1.54) is 17.7 Å². The molecule has 1 N–H and O–H groups in total. The highest BCUT2D eigenvalue weighted by Gasteiger charge is 2.20. The third-order valence-electron chi connectivity index (χ3n) is 4.39. The second-order valence-corrected chi connectivity index (χ2v) is 5.47. The lowest BCUT2D eigenvalue weighted by Crippen LogP contribution is -2.45. The van der Waals surface area contributed by atoms with E-state index in [1.54, 1.807) is 0 Å². The van der Waals surface area contributed by atoms with Crippen molar-refractivity contribution in [3.63, 3.8) is 0 Å². The summed E-state index contributed by atoms with van der Waals surface area (Å²) in [7, 11) is 0. The monoisotopic (exact) mass is 347 g/mol. The molecule has 22 heavy (non-hydrogen) atoms. The van der Waals surface area contributed by atoms with Crippen LogP contribution in [0.25, 0.3) is 0 Å². The molecule has 1 fully saturated rings. The molecule has 3 nitrogen and oxygen atoms in total. The highest BCUT2D eigenvalue weighted by Crippen LogP contribution is 2.26. The average Bonchev–Trinajstić information content (AvgIpc) is 2.52. The van der Waals surface area contributed by atoms with Gasteiger partial charge in [0.25, 0.3) is 0 Å². The number of halogens is 2. The maximum Gasteiger partial charge on any atom is 0.0366 e. The fourth-order valence-corrected chi connectivity index (χ4v) is 3.19. The molecule has 0 amide bonds. The van der Waals surface area contributed by atoms with Crippen LogP contribution in [0, 0.1) is 0 Å². The smallest absolute Gasteiger partial charge is 0.0366 e. The number of hydrogen-bond acceptors (Lipinski definition) is 3. The zero-order valence-corrected chi connectivity index (χ0v) is 15.7. The number of rotatable bonds is 6. The highest BCUT2D eigenvalue weighted by molar-refractivity contribution is 5.85. The van der Waals surface area contributed by atoms with Crippen LogP contribution in [0.15, 0.2) is 24.3 Å². The molecule has 0 aromatic heterocycles. The van der Waals surface area contributed by atoms with E-state index in [0.717, 1.165) is 39.3 Å². The Bertz CT molecular complexity index is 387. The topological polar surface area (TPSA) is 18.5 Å². The van der Waals surface area contributed by atoms with Crippen LogP contribution in [-0.2, 0) is 0 Å². The van der Waals surface area contributed by atoms with Gasteiger partial charge in [-0.25, -0.2) is 0 Å². The Morgan fingerprint density at radius 3 is 2.00 bits per heavy atom. The Morgan fingerprint density at radius 2 is 1.55 bits per heavy atom. The number of piperazine rings is 1. The lowest BCUT2D eigenvalue weighted by Gasteiger charge is -2.35. The third kappa shape index (κ3) is 5.31. The zero-order valence-electron chi connectivity index (χ0n) is 14.0. The van der Waals surface area contributed by atoms with Crippen LogP contribution in [-0.4, -0.2) is 44.2 Å². The SMILES string of the molecule is CC[C@H](c1ccc(N(CC)CC)cc1)N1CCNCC1.Cl.Cl. The summed E-state index contributed by atoms with van der Waals surface area (Å²) < 4.78 is 0. The van der Waals surface area contributed by atoms with Gasteiger partial charge in [-0.2, -0.15) is 0 Å². The van der Waals surface area contributed by atoms with Crippen LogP contribution in [0.2, 0.25) is 0 Å². The molecular formula is C17H31Cl2N3. The van der Waals surface area contributed by atoms with E-state index >= 15 is 0 Å². The van der Waals surface area contributed by atoms with Crippen molar-refractivity contribution in [1.29, 1.82) is 0 Å². The van der Waals surface area contributed by atoms with Gasteiger partial charge in [0.05, 0.1) is 0 Å². The fraction of sp³-hybridized carbons (Fsp3) is 0.647. The molecule has 1 heterocycles. The molecule has 0 radical (unpaired) electrons. The zero-order chi connectivity index (χ0) is 14.4. The van der Waals surface area contributed by atoms with Crippen LogP contribution >= 0.6 is 24.8 Å². The van der Waals surface area contributed by atoms with Crippen molar-refractivity contribution < 1.29 is 0 Å². The molecule has 0 unspecified atom stereocenters. The third-order valence-corrected chi connectivity index (χ3v) is 4.39. The first-order chi connectivity index (χ1) is 9.80. The quantitative estimate of drug-likeness (QED) is 0.845. The molecule has 0 aliphatic carbocycles. The molecule has 128 valence electrons. The molecule has 0 spiro atoms. The summed E-state index contributed by atoms with van der Waals surface area (Å²) in [6.45, 7) is 13.4. The van der Waals surface area contributed by atoms with Gasteiger partial charge in [-0.15, -0.1) is 24.8 Å². The minimum Gasteiger partial charge on any atom is -0.372 e. The summed E-state index contributed by atoms with van der Waals surface area (Å²) >= 11 is 0. The number of anilines is 1. The maximum absolute atomic E-state index is 3.44. The Kier molecular flexibility index (Phi) is 10.9. The highest BCUT2D eigenvalue weighted by atomic mass is 35.5. The second kappa shape index (κ2) is 11.1. The molecule has 1 saturated heterocycles. The standard InChI is InChI=1S/C17H29N3.2ClH/c1-4-17(20-13-11-18-12-14-20)15-7-9-16(10-8-15)19(5-2)6-3;;/h7-10,17-18H,4-6,11-14H2,1-3H3;2*1H/t17-;;/m1../s1. The molecule has 0 bridgehead atoms. The molecular weight excluding hydrogens is 317 g/mol. The number of benzene rings is 1. The van der Waals surface area contributed by atoms with Crippen molar-refractivity contribution >= 4 is 30.5 Å². The van der Waals surface area contributed by atoms with E-state index in [0.29, 0.717) is 6.04 Å². The van der Waals surface area contributed by atoms with Gasteiger partial charge in [-0.05, 0) is 38.0 Å². The van der Waals surface area contributed by atoms with Crippen LogP contribution in [0.1, 0.15) is 38.8 Å². The van der Waals surface area contributed by atoms with E-state index in [9.17, 15) is 0 Å². The number of nitrogens with one attached hydrogen (secondary N) is 1. The summed E-state index contributed by atoms with van der Waals surface area (Å²) in [6, 6.07) is 9.79. The van der Waals surface area contributed by atoms with Crippen LogP contribution in [0.3, 0.4) is 0 Å². The van der Waals surface area contributed by atoms with E-state index in [4.69, 9.17) is 0 Å². The van der Waals surface area contributed by atoms with E-state index in [1.807, 2.05) is 0 Å². The minimum absolute atomic E-state index is 0. The van der Waals surface area contributed by atoms with E-state index in [2.05, 4.69) is 60.2 Å². The average molecular weight is 348 g/mol. The lowest BCUT2D eigenvalue weighted by atomic mass is 10.0. The van der Waals surface area contributed by atoms with Gasteiger partial charge < -0.3 is 10.2 Å². The van der Waals surface area contributed by atoms with Crippen LogP contribution in [0.4, 0.5) is 5.69 Å². The molecule has 1 aliphatic heterocycles. The van der Waals surface area contributed by atoms with Crippen LogP contribution in [0.5, 0.6) is 0 Å². The Labute approximate surface area is 148 Å². The Hall–Kier alpha value is -0.480. The largest absolute Gasteiger partial charge is 0.372 e. The molecule has 1 aromatic rings. The van der Waals surface area contributed by atoms with Crippen LogP contribution < -0.4 is 10.2 Å². The van der Waals surface area contributed by atoms with E-state index < -0.39 is 0 Å². The van der Waals surface area contributed by atoms with Gasteiger partial charge >= 0.3 is 0 Å². The molecule has 0 saturated carbocycles. The van der Waals surface area contributed by atoms with Gasteiger partial charge in [-0.3, -0.25) is 4.90 Å². The minimum atomic E-state index is 0. The summed E-state index contributed by atoms with van der Waals surface area (Å²) in [6.07, 6.45) is 1.19. The molecule has 1 atom stereocenters. The van der Waals surface area contributed by atoms with Gasteiger partial charge in [0.2, 0.25) is 0 Å². The van der Waals surface area contributed by atoms with Crippen molar-refractivity contribution in [1.82, 2.24) is 10.2 Å². The summed E-state index contributed by atoms with van der Waals surface area (Å²) in [4.78, 5) is 5.01.